The van der Waals surface area contributed by atoms with Gasteiger partial charge in [-0.3, -0.25) is 4.72 Å². The van der Waals surface area contributed by atoms with Crippen molar-refractivity contribution < 1.29 is 13.5 Å². The summed E-state index contributed by atoms with van der Waals surface area (Å²) in [6.07, 6.45) is 1.96. The van der Waals surface area contributed by atoms with Crippen molar-refractivity contribution in [2.75, 3.05) is 4.72 Å². The Kier molecular flexibility index (Phi) is 5.21. The van der Waals surface area contributed by atoms with Crippen molar-refractivity contribution in [2.45, 2.75) is 38.2 Å². The molecule has 0 saturated carbocycles. The van der Waals surface area contributed by atoms with Crippen molar-refractivity contribution in [3.05, 3.63) is 59.2 Å². The fourth-order valence-electron chi connectivity index (χ4n) is 2.21. The van der Waals surface area contributed by atoms with Crippen LogP contribution in [0, 0.1) is 6.92 Å². The van der Waals surface area contributed by atoms with Gasteiger partial charge in [0.25, 0.3) is 10.0 Å². The number of rotatable bonds is 6. The normalized spacial score (nSPS) is 11.4. The molecule has 2 aromatic rings. The molecule has 0 saturated heterocycles. The summed E-state index contributed by atoms with van der Waals surface area (Å²) in [5.74, 6) is 0. The predicted molar refractivity (Wildman–Crippen MR) is 88.3 cm³/mol. The summed E-state index contributed by atoms with van der Waals surface area (Å²) in [5.41, 5.74) is 3.09. The second-order valence-electron chi connectivity index (χ2n) is 5.31. The summed E-state index contributed by atoms with van der Waals surface area (Å²) in [6, 6.07) is 12.1. The van der Waals surface area contributed by atoms with Crippen molar-refractivity contribution >= 4 is 15.7 Å². The van der Waals surface area contributed by atoms with E-state index in [0.717, 1.165) is 24.0 Å². The average molecular weight is 319 g/mol. The molecule has 0 aromatic heterocycles. The molecule has 118 valence electrons. The van der Waals surface area contributed by atoms with E-state index >= 15 is 0 Å². The van der Waals surface area contributed by atoms with Gasteiger partial charge in [-0.15, -0.1) is 0 Å². The molecule has 0 radical (unpaired) electrons. The lowest BCUT2D eigenvalue weighted by Gasteiger charge is -2.12. The Bertz CT molecular complexity index is 737. The maximum Gasteiger partial charge on any atom is 0.261 e. The van der Waals surface area contributed by atoms with Crippen LogP contribution in [0.5, 0.6) is 0 Å². The highest BCUT2D eigenvalue weighted by molar-refractivity contribution is 7.92. The standard InChI is InChI=1S/C17H21NO3S/c1-3-4-14-7-9-16(10-8-14)22(20,21)18-17-11-15(12-19)6-5-13(17)2/h5-11,18-19H,3-4,12H2,1-2H3. The molecule has 2 rings (SSSR count). The minimum absolute atomic E-state index is 0.124. The largest absolute Gasteiger partial charge is 0.392 e. The molecule has 0 unspecified atom stereocenters. The highest BCUT2D eigenvalue weighted by Gasteiger charge is 2.15. The van der Waals surface area contributed by atoms with E-state index in [1.165, 1.54) is 0 Å². The molecule has 0 aliphatic rings. The van der Waals surface area contributed by atoms with E-state index in [4.69, 9.17) is 0 Å². The zero-order valence-electron chi connectivity index (χ0n) is 12.8. The summed E-state index contributed by atoms with van der Waals surface area (Å²) in [6.45, 7) is 3.78. The van der Waals surface area contributed by atoms with Gasteiger partial charge in [0.2, 0.25) is 0 Å². The van der Waals surface area contributed by atoms with Crippen LogP contribution in [0.15, 0.2) is 47.4 Å². The summed E-state index contributed by atoms with van der Waals surface area (Å²) in [4.78, 5) is 0.237. The third-order valence-corrected chi connectivity index (χ3v) is 4.88. The Labute approximate surface area is 131 Å². The summed E-state index contributed by atoms with van der Waals surface area (Å²) in [5, 5.41) is 9.17. The molecule has 22 heavy (non-hydrogen) atoms. The topological polar surface area (TPSA) is 66.4 Å². The SMILES string of the molecule is CCCc1ccc(S(=O)(=O)Nc2cc(CO)ccc2C)cc1. The number of sulfonamides is 1. The molecule has 0 aliphatic carbocycles. The van der Waals surface area contributed by atoms with Crippen molar-refractivity contribution in [1.82, 2.24) is 0 Å². The minimum atomic E-state index is -3.62. The van der Waals surface area contributed by atoms with Crippen LogP contribution in [0.1, 0.15) is 30.0 Å². The molecule has 2 N–H and O–H groups in total. The van der Waals surface area contributed by atoms with E-state index in [2.05, 4.69) is 11.6 Å². The Hall–Kier alpha value is -1.85. The van der Waals surface area contributed by atoms with Crippen molar-refractivity contribution in [3.63, 3.8) is 0 Å². The number of anilines is 1. The molecule has 0 spiro atoms. The van der Waals surface area contributed by atoms with Crippen LogP contribution in [0.3, 0.4) is 0 Å². The Morgan fingerprint density at radius 1 is 1.05 bits per heavy atom. The molecule has 0 heterocycles. The number of benzene rings is 2. The van der Waals surface area contributed by atoms with E-state index in [9.17, 15) is 13.5 Å². The fourth-order valence-corrected chi connectivity index (χ4v) is 3.33. The van der Waals surface area contributed by atoms with Crippen LogP contribution in [0.2, 0.25) is 0 Å². The highest BCUT2D eigenvalue weighted by atomic mass is 32.2. The number of hydrogen-bond donors (Lipinski definition) is 2. The quantitative estimate of drug-likeness (QED) is 0.859. The van der Waals surface area contributed by atoms with Gasteiger partial charge in [0.05, 0.1) is 17.2 Å². The van der Waals surface area contributed by atoms with Gasteiger partial charge in [-0.1, -0.05) is 37.6 Å². The van der Waals surface area contributed by atoms with Crippen LogP contribution in [-0.4, -0.2) is 13.5 Å². The first-order valence-electron chi connectivity index (χ1n) is 7.28. The lowest BCUT2D eigenvalue weighted by molar-refractivity contribution is 0.282. The van der Waals surface area contributed by atoms with Crippen LogP contribution in [0.25, 0.3) is 0 Å². The maximum atomic E-state index is 12.4. The summed E-state index contributed by atoms with van der Waals surface area (Å²) >= 11 is 0. The second kappa shape index (κ2) is 6.94. The monoisotopic (exact) mass is 319 g/mol. The lowest BCUT2D eigenvalue weighted by Crippen LogP contribution is -2.14. The molecule has 0 amide bonds. The molecule has 5 heteroatoms. The van der Waals surface area contributed by atoms with Gasteiger partial charge in [-0.05, 0) is 48.2 Å². The van der Waals surface area contributed by atoms with Gasteiger partial charge in [0.15, 0.2) is 0 Å². The summed E-state index contributed by atoms with van der Waals surface area (Å²) < 4.78 is 27.5. The number of aryl methyl sites for hydroxylation is 2. The number of nitrogens with one attached hydrogen (secondary N) is 1. The molecular weight excluding hydrogens is 298 g/mol. The third kappa shape index (κ3) is 3.87. The fraction of sp³-hybridized carbons (Fsp3) is 0.294. The average Bonchev–Trinajstić information content (AvgIpc) is 2.50. The molecule has 0 atom stereocenters. The molecular formula is C17H21NO3S. The molecule has 0 aliphatic heterocycles. The second-order valence-corrected chi connectivity index (χ2v) is 6.99. The zero-order valence-corrected chi connectivity index (χ0v) is 13.7. The van der Waals surface area contributed by atoms with Crippen LogP contribution < -0.4 is 4.72 Å². The Balaban J connectivity index is 2.27. The van der Waals surface area contributed by atoms with Crippen LogP contribution in [-0.2, 0) is 23.1 Å². The van der Waals surface area contributed by atoms with Crippen molar-refractivity contribution in [1.29, 1.82) is 0 Å². The maximum absolute atomic E-state index is 12.4. The number of hydrogen-bond acceptors (Lipinski definition) is 3. The highest BCUT2D eigenvalue weighted by Crippen LogP contribution is 2.21. The molecule has 2 aromatic carbocycles. The first-order valence-corrected chi connectivity index (χ1v) is 8.76. The van der Waals surface area contributed by atoms with Crippen molar-refractivity contribution in [2.24, 2.45) is 0 Å². The smallest absolute Gasteiger partial charge is 0.261 e. The third-order valence-electron chi connectivity index (χ3n) is 3.50. The molecule has 0 bridgehead atoms. The van der Waals surface area contributed by atoms with E-state index in [-0.39, 0.29) is 11.5 Å². The van der Waals surface area contributed by atoms with E-state index < -0.39 is 10.0 Å². The van der Waals surface area contributed by atoms with E-state index in [1.807, 2.05) is 19.1 Å². The Morgan fingerprint density at radius 2 is 1.68 bits per heavy atom. The molecule has 4 nitrogen and oxygen atoms in total. The van der Waals surface area contributed by atoms with Gasteiger partial charge in [0.1, 0.15) is 0 Å². The zero-order chi connectivity index (χ0) is 16.2. The van der Waals surface area contributed by atoms with Gasteiger partial charge in [-0.2, -0.15) is 0 Å². The lowest BCUT2D eigenvalue weighted by atomic mass is 10.1. The van der Waals surface area contributed by atoms with Gasteiger partial charge in [0, 0.05) is 0 Å². The number of aliphatic hydroxyl groups excluding tert-OH is 1. The minimum Gasteiger partial charge on any atom is -0.392 e. The van der Waals surface area contributed by atoms with Gasteiger partial charge in [-0.25, -0.2) is 8.42 Å². The first-order chi connectivity index (χ1) is 10.5. The van der Waals surface area contributed by atoms with Crippen LogP contribution in [0.4, 0.5) is 5.69 Å². The Morgan fingerprint density at radius 3 is 2.27 bits per heavy atom. The predicted octanol–water partition coefficient (Wildman–Crippen LogP) is 3.24. The van der Waals surface area contributed by atoms with E-state index in [1.54, 1.807) is 30.3 Å². The number of aliphatic hydroxyl groups is 1. The first kappa shape index (κ1) is 16.5. The summed E-state index contributed by atoms with van der Waals surface area (Å²) in [7, 11) is -3.62. The molecule has 0 fully saturated rings. The van der Waals surface area contributed by atoms with Gasteiger partial charge >= 0.3 is 0 Å². The van der Waals surface area contributed by atoms with Gasteiger partial charge < -0.3 is 5.11 Å². The van der Waals surface area contributed by atoms with Crippen LogP contribution >= 0.6 is 0 Å². The van der Waals surface area contributed by atoms with E-state index in [0.29, 0.717) is 11.3 Å². The van der Waals surface area contributed by atoms with Crippen molar-refractivity contribution in [3.8, 4) is 0 Å².